The van der Waals surface area contributed by atoms with Crippen LogP contribution in [-0.2, 0) is 35.1 Å². The second-order valence-electron chi connectivity index (χ2n) is 13.6. The third-order valence-corrected chi connectivity index (χ3v) is 6.60. The number of ether oxygens (including phenoxy) is 3. The standard InChI is InChI=1S/C34H50N6O10/c1-21(41)36-26-20-22-14-16-23(17-15-22)48-19-11-9-13-25(29(44)45)38-27(42)24(37-28(26)43)12-8-10-18-35-30(39-31(46)49-33(2,3)4)40-32(47)50-34(5,6)7/h9,11,14-17,24-26H,8,10,12-13,18-20H2,1-7H3,(H,36,41)(H,37,43)(H,38,42)(H,44,45)(H2,35,39,40,46,47)/b11-9-/t24-,25-,26-/m0/s1. The summed E-state index contributed by atoms with van der Waals surface area (Å²) in [7, 11) is 0. The van der Waals surface area contributed by atoms with Crippen LogP contribution in [0.5, 0.6) is 5.75 Å². The fraction of sp³-hybridized carbons (Fsp3) is 0.559. The van der Waals surface area contributed by atoms with E-state index in [4.69, 9.17) is 14.2 Å². The number of unbranched alkanes of at least 4 members (excludes halogenated alkanes) is 1. The summed E-state index contributed by atoms with van der Waals surface area (Å²) in [5, 5.41) is 22.3. The van der Waals surface area contributed by atoms with E-state index >= 15 is 0 Å². The van der Waals surface area contributed by atoms with Crippen molar-refractivity contribution in [1.82, 2.24) is 26.6 Å². The van der Waals surface area contributed by atoms with Crippen molar-refractivity contribution in [2.45, 2.75) is 110 Å². The number of carbonyl (C=O) groups excluding carboxylic acids is 5. The summed E-state index contributed by atoms with van der Waals surface area (Å²) in [5.74, 6) is -2.75. The first-order valence-electron chi connectivity index (χ1n) is 16.3. The molecule has 0 aliphatic carbocycles. The topological polar surface area (TPSA) is 223 Å². The van der Waals surface area contributed by atoms with E-state index in [1.54, 1.807) is 78.0 Å². The van der Waals surface area contributed by atoms with Crippen LogP contribution in [0.2, 0.25) is 0 Å². The fourth-order valence-electron chi connectivity index (χ4n) is 4.45. The summed E-state index contributed by atoms with van der Waals surface area (Å²) in [6.07, 6.45) is 2.29. The van der Waals surface area contributed by atoms with Crippen LogP contribution in [0.3, 0.4) is 0 Å². The molecule has 16 heteroatoms. The van der Waals surface area contributed by atoms with Gasteiger partial charge in [-0.25, -0.2) is 14.4 Å². The molecule has 276 valence electrons. The van der Waals surface area contributed by atoms with Crippen LogP contribution in [0.4, 0.5) is 9.59 Å². The third kappa shape index (κ3) is 16.8. The molecule has 0 fully saturated rings. The summed E-state index contributed by atoms with van der Waals surface area (Å²) in [4.78, 5) is 79.9. The molecular formula is C34H50N6O10. The van der Waals surface area contributed by atoms with Crippen molar-refractivity contribution in [3.05, 3.63) is 42.0 Å². The highest BCUT2D eigenvalue weighted by atomic mass is 16.6. The lowest BCUT2D eigenvalue weighted by Crippen LogP contribution is -2.56. The van der Waals surface area contributed by atoms with E-state index in [0.717, 1.165) is 5.56 Å². The number of amides is 5. The Kier molecular flexibility index (Phi) is 15.7. The molecule has 6 N–H and O–H groups in total. The van der Waals surface area contributed by atoms with E-state index in [9.17, 15) is 33.9 Å². The van der Waals surface area contributed by atoms with Gasteiger partial charge in [0, 0.05) is 19.9 Å². The molecule has 0 saturated heterocycles. The number of nitrogens with zero attached hydrogens (tertiary/aromatic N) is 1. The molecular weight excluding hydrogens is 652 g/mol. The first-order valence-corrected chi connectivity index (χ1v) is 16.3. The van der Waals surface area contributed by atoms with Gasteiger partial charge in [0.05, 0.1) is 0 Å². The molecule has 0 unspecified atom stereocenters. The van der Waals surface area contributed by atoms with E-state index in [2.05, 4.69) is 31.6 Å². The predicted octanol–water partition coefficient (Wildman–Crippen LogP) is 2.70. The number of alkyl carbamates (subject to hydrolysis) is 2. The molecule has 3 rings (SSSR count). The summed E-state index contributed by atoms with van der Waals surface area (Å²) < 4.78 is 16.2. The maximum atomic E-state index is 13.5. The Morgan fingerprint density at radius 1 is 0.900 bits per heavy atom. The zero-order valence-electron chi connectivity index (χ0n) is 29.7. The maximum absolute atomic E-state index is 13.5. The molecule has 2 aliphatic heterocycles. The number of carbonyl (C=O) groups is 6. The summed E-state index contributed by atoms with van der Waals surface area (Å²) in [6.45, 7) is 11.6. The quantitative estimate of drug-likeness (QED) is 0.105. The first kappa shape index (κ1) is 41.0. The van der Waals surface area contributed by atoms with Crippen LogP contribution in [-0.4, -0.2) is 89.4 Å². The SMILES string of the molecule is CC(=O)N[C@H]1Cc2ccc(cc2)OC/C=C\C[C@@H](C(=O)O)NC(=O)[C@H](CCCCN=C(NC(=O)OC(C)(C)C)NC(=O)OC(C)(C)C)NC1=O. The molecule has 2 aliphatic rings. The van der Waals surface area contributed by atoms with Crippen molar-refractivity contribution in [3.8, 4) is 5.75 Å². The van der Waals surface area contributed by atoms with Gasteiger partial charge in [-0.1, -0.05) is 24.3 Å². The average molecular weight is 703 g/mol. The molecule has 0 spiro atoms. The minimum absolute atomic E-state index is 0.0364. The minimum Gasteiger partial charge on any atom is -0.490 e. The first-order chi connectivity index (χ1) is 23.3. The van der Waals surface area contributed by atoms with Gasteiger partial charge in [-0.3, -0.25) is 30.0 Å². The number of aliphatic imine (C=N–C) groups is 1. The zero-order chi connectivity index (χ0) is 37.5. The summed E-state index contributed by atoms with van der Waals surface area (Å²) >= 11 is 0. The number of hydrogen-bond acceptors (Lipinski definition) is 10. The predicted molar refractivity (Wildman–Crippen MR) is 183 cm³/mol. The van der Waals surface area contributed by atoms with Crippen molar-refractivity contribution < 1.29 is 48.1 Å². The van der Waals surface area contributed by atoms with Gasteiger partial charge in [0.15, 0.2) is 0 Å². The molecule has 0 saturated carbocycles. The highest BCUT2D eigenvalue weighted by Crippen LogP contribution is 2.15. The summed E-state index contributed by atoms with van der Waals surface area (Å²) in [6, 6.07) is 3.46. The molecule has 2 heterocycles. The van der Waals surface area contributed by atoms with Gasteiger partial charge >= 0.3 is 18.2 Å². The number of carboxylic acids is 1. The van der Waals surface area contributed by atoms with Gasteiger partial charge < -0.3 is 35.3 Å². The normalized spacial score (nSPS) is 19.3. The largest absolute Gasteiger partial charge is 0.490 e. The Bertz CT molecular complexity index is 1380. The Morgan fingerprint density at radius 3 is 2.04 bits per heavy atom. The van der Waals surface area contributed by atoms with Gasteiger partial charge in [-0.2, -0.15) is 0 Å². The van der Waals surface area contributed by atoms with Crippen LogP contribution in [0.1, 0.15) is 79.7 Å². The van der Waals surface area contributed by atoms with Gasteiger partial charge in [0.2, 0.25) is 23.7 Å². The van der Waals surface area contributed by atoms with Gasteiger partial charge in [-0.15, -0.1) is 0 Å². The number of carboxylic acid groups (broad SMARTS) is 1. The molecule has 3 atom stereocenters. The molecule has 2 bridgehead atoms. The van der Waals surface area contributed by atoms with E-state index in [0.29, 0.717) is 18.6 Å². The Balaban J connectivity index is 2.25. The summed E-state index contributed by atoms with van der Waals surface area (Å²) in [5.41, 5.74) is -0.903. The highest BCUT2D eigenvalue weighted by Gasteiger charge is 2.29. The zero-order valence-corrected chi connectivity index (χ0v) is 29.7. The van der Waals surface area contributed by atoms with Gasteiger partial charge in [-0.05, 0) is 84.9 Å². The number of aliphatic carboxylic acids is 1. The van der Waals surface area contributed by atoms with Gasteiger partial charge in [0.1, 0.15) is 41.7 Å². The number of rotatable bonds is 7. The molecule has 16 nitrogen and oxygen atoms in total. The Hall–Kier alpha value is -5.15. The van der Waals surface area contributed by atoms with Gasteiger partial charge in [0.25, 0.3) is 0 Å². The second-order valence-corrected chi connectivity index (χ2v) is 13.6. The number of fused-ring (bicyclic) bond motifs is 13. The lowest BCUT2D eigenvalue weighted by atomic mass is 10.0. The molecule has 0 radical (unpaired) electrons. The van der Waals surface area contributed by atoms with E-state index < -0.39 is 65.2 Å². The Morgan fingerprint density at radius 2 is 1.50 bits per heavy atom. The number of nitrogens with one attached hydrogen (secondary N) is 5. The minimum atomic E-state index is -1.29. The fourth-order valence-corrected chi connectivity index (χ4v) is 4.45. The molecule has 1 aromatic rings. The van der Waals surface area contributed by atoms with Crippen molar-refractivity contribution in [2.24, 2.45) is 4.99 Å². The smallest absolute Gasteiger partial charge is 0.414 e. The molecule has 50 heavy (non-hydrogen) atoms. The van der Waals surface area contributed by atoms with Crippen molar-refractivity contribution in [3.63, 3.8) is 0 Å². The van der Waals surface area contributed by atoms with E-state index in [1.165, 1.54) is 6.92 Å². The highest BCUT2D eigenvalue weighted by molar-refractivity contribution is 6.01. The van der Waals surface area contributed by atoms with Crippen LogP contribution < -0.4 is 31.3 Å². The van der Waals surface area contributed by atoms with Crippen molar-refractivity contribution in [1.29, 1.82) is 0 Å². The maximum Gasteiger partial charge on any atom is 0.414 e. The van der Waals surface area contributed by atoms with Crippen LogP contribution >= 0.6 is 0 Å². The lowest BCUT2D eigenvalue weighted by Gasteiger charge is -2.24. The van der Waals surface area contributed by atoms with E-state index in [-0.39, 0.29) is 38.4 Å². The number of hydrogen-bond donors (Lipinski definition) is 6. The molecule has 0 aromatic heterocycles. The lowest BCUT2D eigenvalue weighted by molar-refractivity contribution is -0.142. The van der Waals surface area contributed by atoms with Crippen LogP contribution in [0.25, 0.3) is 0 Å². The van der Waals surface area contributed by atoms with E-state index in [1.807, 2.05) is 0 Å². The number of guanidine groups is 1. The molecule has 1 aromatic carbocycles. The molecule has 5 amide bonds. The monoisotopic (exact) mass is 702 g/mol. The van der Waals surface area contributed by atoms with Crippen LogP contribution in [0.15, 0.2) is 41.4 Å². The average Bonchev–Trinajstić information content (AvgIpc) is 2.97. The number of benzene rings is 1. The third-order valence-electron chi connectivity index (χ3n) is 6.60. The van der Waals surface area contributed by atoms with Crippen LogP contribution in [0, 0.1) is 0 Å². The Labute approximate surface area is 292 Å². The van der Waals surface area contributed by atoms with Crippen molar-refractivity contribution >= 4 is 41.8 Å². The second kappa shape index (κ2) is 19.1. The van der Waals surface area contributed by atoms with Crippen molar-refractivity contribution in [2.75, 3.05) is 13.2 Å².